The third kappa shape index (κ3) is 1.60. The van der Waals surface area contributed by atoms with Gasteiger partial charge in [-0.3, -0.25) is 4.79 Å². The summed E-state index contributed by atoms with van der Waals surface area (Å²) in [5.41, 5.74) is 2.14. The molecule has 1 aliphatic rings. The van der Waals surface area contributed by atoms with Gasteiger partial charge in [0.05, 0.1) is 0 Å². The minimum Gasteiger partial charge on any atom is -0.345 e. The average molecular weight is 154 g/mol. The Kier molecular flexibility index (Phi) is 2.29. The van der Waals surface area contributed by atoms with Crippen molar-refractivity contribution in [3.05, 3.63) is 11.1 Å². The number of carbonyl (C=O) groups is 1. The second-order valence-electron chi connectivity index (χ2n) is 3.03. The van der Waals surface area contributed by atoms with E-state index in [1.165, 1.54) is 5.57 Å². The summed E-state index contributed by atoms with van der Waals surface area (Å²) in [5, 5.41) is 3.11. The van der Waals surface area contributed by atoms with Crippen LogP contribution in [-0.4, -0.2) is 38.0 Å². The van der Waals surface area contributed by atoms with E-state index < -0.39 is 0 Å². The fraction of sp³-hybridized carbons (Fsp3) is 0.625. The minimum atomic E-state index is 0.126. The van der Waals surface area contributed by atoms with E-state index in [1.54, 1.807) is 19.0 Å². The molecule has 62 valence electrons. The normalized spacial score (nSPS) is 15.7. The largest absolute Gasteiger partial charge is 0.345 e. The van der Waals surface area contributed by atoms with Crippen molar-refractivity contribution in [1.82, 2.24) is 10.2 Å². The van der Waals surface area contributed by atoms with E-state index in [0.29, 0.717) is 0 Å². The van der Waals surface area contributed by atoms with Crippen LogP contribution in [0.2, 0.25) is 0 Å². The van der Waals surface area contributed by atoms with Crippen molar-refractivity contribution < 1.29 is 4.79 Å². The van der Waals surface area contributed by atoms with Crippen LogP contribution in [0.3, 0.4) is 0 Å². The summed E-state index contributed by atoms with van der Waals surface area (Å²) in [6.45, 7) is 3.65. The van der Waals surface area contributed by atoms with Crippen molar-refractivity contribution in [2.45, 2.75) is 6.92 Å². The Morgan fingerprint density at radius 2 is 2.00 bits per heavy atom. The van der Waals surface area contributed by atoms with Crippen LogP contribution in [0.5, 0.6) is 0 Å². The maximum atomic E-state index is 11.3. The Morgan fingerprint density at radius 3 is 2.27 bits per heavy atom. The smallest absolute Gasteiger partial charge is 0.249 e. The summed E-state index contributed by atoms with van der Waals surface area (Å²) in [4.78, 5) is 12.9. The van der Waals surface area contributed by atoms with E-state index in [-0.39, 0.29) is 5.91 Å². The molecule has 1 amide bonds. The molecule has 1 saturated heterocycles. The van der Waals surface area contributed by atoms with E-state index in [4.69, 9.17) is 0 Å². The van der Waals surface area contributed by atoms with E-state index in [1.807, 2.05) is 6.92 Å². The average Bonchev–Trinajstić information content (AvgIpc) is 1.82. The molecule has 0 aromatic carbocycles. The van der Waals surface area contributed by atoms with Crippen LogP contribution in [0.1, 0.15) is 6.92 Å². The van der Waals surface area contributed by atoms with Crippen LogP contribution in [0.15, 0.2) is 11.1 Å². The van der Waals surface area contributed by atoms with Gasteiger partial charge < -0.3 is 10.2 Å². The lowest BCUT2D eigenvalue weighted by atomic mass is 10.0. The molecule has 0 aromatic heterocycles. The summed E-state index contributed by atoms with van der Waals surface area (Å²) in [5.74, 6) is 0.126. The summed E-state index contributed by atoms with van der Waals surface area (Å²) in [6, 6.07) is 0. The van der Waals surface area contributed by atoms with Crippen molar-refractivity contribution in [2.24, 2.45) is 0 Å². The number of nitrogens with zero attached hydrogens (tertiary/aromatic N) is 1. The van der Waals surface area contributed by atoms with Gasteiger partial charge in [-0.25, -0.2) is 0 Å². The number of rotatable bonds is 1. The molecule has 3 nitrogen and oxygen atoms in total. The number of hydrogen-bond acceptors (Lipinski definition) is 2. The lowest BCUT2D eigenvalue weighted by Crippen LogP contribution is -2.37. The second kappa shape index (κ2) is 3.05. The molecular weight excluding hydrogens is 140 g/mol. The summed E-state index contributed by atoms with van der Waals surface area (Å²) >= 11 is 0. The lowest BCUT2D eigenvalue weighted by Gasteiger charge is -2.22. The lowest BCUT2D eigenvalue weighted by molar-refractivity contribution is -0.124. The van der Waals surface area contributed by atoms with Gasteiger partial charge in [-0.1, -0.05) is 0 Å². The first-order valence-corrected chi connectivity index (χ1v) is 3.74. The zero-order chi connectivity index (χ0) is 8.43. The van der Waals surface area contributed by atoms with Crippen LogP contribution in [0.4, 0.5) is 0 Å². The van der Waals surface area contributed by atoms with Crippen molar-refractivity contribution in [1.29, 1.82) is 0 Å². The summed E-state index contributed by atoms with van der Waals surface area (Å²) in [6.07, 6.45) is 0. The highest BCUT2D eigenvalue weighted by Gasteiger charge is 2.16. The number of likely N-dealkylation sites (N-methyl/N-ethyl adjacent to an activating group) is 1. The van der Waals surface area contributed by atoms with Gasteiger partial charge in [0.2, 0.25) is 5.91 Å². The molecule has 0 bridgehead atoms. The van der Waals surface area contributed by atoms with Crippen LogP contribution >= 0.6 is 0 Å². The Labute approximate surface area is 67.1 Å². The molecule has 1 heterocycles. The quantitative estimate of drug-likeness (QED) is 0.539. The van der Waals surface area contributed by atoms with Gasteiger partial charge in [0.1, 0.15) is 0 Å². The van der Waals surface area contributed by atoms with Gasteiger partial charge in [0.25, 0.3) is 0 Å². The molecule has 1 N–H and O–H groups in total. The van der Waals surface area contributed by atoms with E-state index in [9.17, 15) is 4.79 Å². The van der Waals surface area contributed by atoms with Gasteiger partial charge >= 0.3 is 0 Å². The Hall–Kier alpha value is -0.830. The molecule has 0 atom stereocenters. The Bertz CT molecular complexity index is 200. The molecule has 0 saturated carbocycles. The van der Waals surface area contributed by atoms with Crippen molar-refractivity contribution in [3.8, 4) is 0 Å². The van der Waals surface area contributed by atoms with Gasteiger partial charge in [0, 0.05) is 32.8 Å². The van der Waals surface area contributed by atoms with Crippen molar-refractivity contribution >= 4 is 5.91 Å². The first-order chi connectivity index (χ1) is 5.13. The maximum Gasteiger partial charge on any atom is 0.249 e. The molecule has 11 heavy (non-hydrogen) atoms. The molecule has 3 heteroatoms. The number of amides is 1. The topological polar surface area (TPSA) is 32.3 Å². The zero-order valence-corrected chi connectivity index (χ0v) is 7.27. The monoisotopic (exact) mass is 154 g/mol. The van der Waals surface area contributed by atoms with Gasteiger partial charge in [-0.2, -0.15) is 0 Å². The maximum absolute atomic E-state index is 11.3. The molecule has 0 aromatic rings. The molecule has 1 rings (SSSR count). The van der Waals surface area contributed by atoms with Gasteiger partial charge in [0.15, 0.2) is 0 Å². The first-order valence-electron chi connectivity index (χ1n) is 3.74. The highest BCUT2D eigenvalue weighted by atomic mass is 16.2. The van der Waals surface area contributed by atoms with E-state index in [0.717, 1.165) is 18.7 Å². The molecule has 0 spiro atoms. The van der Waals surface area contributed by atoms with Gasteiger partial charge in [-0.15, -0.1) is 0 Å². The number of hydrogen-bond donors (Lipinski definition) is 1. The fourth-order valence-corrected chi connectivity index (χ4v) is 1.00. The number of carbonyl (C=O) groups excluding carboxylic acids is 1. The molecule has 1 aliphatic heterocycles. The fourth-order valence-electron chi connectivity index (χ4n) is 1.00. The number of nitrogens with one attached hydrogen (secondary N) is 1. The molecule has 0 radical (unpaired) electrons. The van der Waals surface area contributed by atoms with Crippen LogP contribution in [0, 0.1) is 0 Å². The summed E-state index contributed by atoms with van der Waals surface area (Å²) in [7, 11) is 3.55. The molecule has 0 aliphatic carbocycles. The first kappa shape index (κ1) is 8.27. The standard InChI is InChI=1S/C8H14N2O/c1-6(7-4-9-5-7)8(11)10(2)3/h9H,4-5H2,1-3H3. The Morgan fingerprint density at radius 1 is 1.45 bits per heavy atom. The minimum absolute atomic E-state index is 0.126. The molecule has 0 unspecified atom stereocenters. The predicted octanol–water partition coefficient (Wildman–Crippen LogP) is -0.00570. The van der Waals surface area contributed by atoms with Crippen molar-refractivity contribution in [2.75, 3.05) is 27.2 Å². The highest BCUT2D eigenvalue weighted by Crippen LogP contribution is 2.09. The van der Waals surface area contributed by atoms with E-state index in [2.05, 4.69) is 5.32 Å². The van der Waals surface area contributed by atoms with Crippen molar-refractivity contribution in [3.63, 3.8) is 0 Å². The zero-order valence-electron chi connectivity index (χ0n) is 7.27. The van der Waals surface area contributed by atoms with Crippen LogP contribution < -0.4 is 5.32 Å². The third-order valence-electron chi connectivity index (χ3n) is 1.93. The van der Waals surface area contributed by atoms with E-state index >= 15 is 0 Å². The van der Waals surface area contributed by atoms with Gasteiger partial charge in [-0.05, 0) is 12.5 Å². The second-order valence-corrected chi connectivity index (χ2v) is 3.03. The molecular formula is C8H14N2O. The molecule has 1 fully saturated rings. The van der Waals surface area contributed by atoms with Crippen LogP contribution in [-0.2, 0) is 4.79 Å². The highest BCUT2D eigenvalue weighted by molar-refractivity contribution is 5.93. The predicted molar refractivity (Wildman–Crippen MR) is 44.3 cm³/mol. The summed E-state index contributed by atoms with van der Waals surface area (Å²) < 4.78 is 0. The Balaban J connectivity index is 2.66. The SMILES string of the molecule is CC(C(=O)N(C)C)=C1CNC1. The van der Waals surface area contributed by atoms with Crippen LogP contribution in [0.25, 0.3) is 0 Å². The third-order valence-corrected chi connectivity index (χ3v) is 1.93.